The van der Waals surface area contributed by atoms with E-state index in [4.69, 9.17) is 11.5 Å². The Labute approximate surface area is 55.4 Å². The van der Waals surface area contributed by atoms with Gasteiger partial charge in [0.1, 0.15) is 5.84 Å². The summed E-state index contributed by atoms with van der Waals surface area (Å²) in [5, 5.41) is 0. The molecule has 0 atom stereocenters. The number of aliphatic imine (C=N–C) groups is 1. The summed E-state index contributed by atoms with van der Waals surface area (Å²) in [6.07, 6.45) is 0. The van der Waals surface area contributed by atoms with E-state index in [2.05, 4.69) is 4.99 Å². The molecule has 0 aliphatic rings. The van der Waals surface area contributed by atoms with Gasteiger partial charge in [-0.2, -0.15) is 0 Å². The summed E-state index contributed by atoms with van der Waals surface area (Å²) in [5.74, 6) is 0.509. The van der Waals surface area contributed by atoms with Crippen molar-refractivity contribution in [3.05, 3.63) is 11.3 Å². The molecule has 3 heteroatoms. The lowest BCUT2D eigenvalue weighted by Crippen LogP contribution is -2.16. The largest absolute Gasteiger partial charge is 0.402 e. The molecule has 0 fully saturated rings. The van der Waals surface area contributed by atoms with Crippen LogP contribution in [0.15, 0.2) is 16.3 Å². The maximum atomic E-state index is 5.43. The molecule has 0 aromatic carbocycles. The Balaban J connectivity index is 4.40. The van der Waals surface area contributed by atoms with Gasteiger partial charge in [-0.1, -0.05) is 0 Å². The molecular formula is C6H13N3. The van der Waals surface area contributed by atoms with E-state index in [0.29, 0.717) is 5.84 Å². The van der Waals surface area contributed by atoms with Crippen LogP contribution in [0, 0.1) is 0 Å². The van der Waals surface area contributed by atoms with E-state index in [1.807, 2.05) is 6.92 Å². The summed E-state index contributed by atoms with van der Waals surface area (Å²) in [4.78, 5) is 3.77. The van der Waals surface area contributed by atoms with Crippen molar-refractivity contribution >= 4 is 5.84 Å². The predicted molar refractivity (Wildman–Crippen MR) is 40.1 cm³/mol. The minimum Gasteiger partial charge on any atom is -0.402 e. The van der Waals surface area contributed by atoms with E-state index < -0.39 is 0 Å². The monoisotopic (exact) mass is 127 g/mol. The predicted octanol–water partition coefficient (Wildman–Crippen LogP) is 0.226. The van der Waals surface area contributed by atoms with Gasteiger partial charge in [-0.05, 0) is 13.8 Å². The van der Waals surface area contributed by atoms with Gasteiger partial charge in [0.05, 0.1) is 0 Å². The zero-order valence-electron chi connectivity index (χ0n) is 6.10. The summed E-state index contributed by atoms with van der Waals surface area (Å²) in [6.45, 7) is 3.64. The van der Waals surface area contributed by atoms with Crippen molar-refractivity contribution < 1.29 is 0 Å². The van der Waals surface area contributed by atoms with E-state index in [1.54, 1.807) is 14.0 Å². The summed E-state index contributed by atoms with van der Waals surface area (Å²) in [5.41, 5.74) is 12.4. The number of nitrogens with zero attached hydrogens (tertiary/aromatic N) is 1. The first-order valence-corrected chi connectivity index (χ1v) is 2.75. The van der Waals surface area contributed by atoms with E-state index in [-0.39, 0.29) is 0 Å². The Hall–Kier alpha value is -0.990. The van der Waals surface area contributed by atoms with Crippen LogP contribution in [0.5, 0.6) is 0 Å². The molecule has 0 radical (unpaired) electrons. The Morgan fingerprint density at radius 3 is 1.78 bits per heavy atom. The molecule has 0 aliphatic carbocycles. The Kier molecular flexibility index (Phi) is 2.78. The van der Waals surface area contributed by atoms with Crippen LogP contribution in [0.4, 0.5) is 0 Å². The third-order valence-electron chi connectivity index (χ3n) is 1.22. The van der Waals surface area contributed by atoms with Crippen LogP contribution in [0.2, 0.25) is 0 Å². The van der Waals surface area contributed by atoms with Crippen LogP contribution in [0.3, 0.4) is 0 Å². The molecule has 0 bridgehead atoms. The number of hydrogen-bond acceptors (Lipinski definition) is 2. The van der Waals surface area contributed by atoms with Crippen molar-refractivity contribution in [3.8, 4) is 0 Å². The molecule has 0 heterocycles. The van der Waals surface area contributed by atoms with Gasteiger partial charge in [-0.25, -0.2) is 0 Å². The van der Waals surface area contributed by atoms with Gasteiger partial charge in [-0.15, -0.1) is 0 Å². The number of amidine groups is 1. The molecule has 0 aliphatic heterocycles. The molecule has 0 aromatic rings. The smallest absolute Gasteiger partial charge is 0.122 e. The molecule has 0 saturated heterocycles. The molecule has 9 heavy (non-hydrogen) atoms. The first-order valence-electron chi connectivity index (χ1n) is 2.75. The normalized spacial score (nSPS) is 15.2. The lowest BCUT2D eigenvalue weighted by atomic mass is 10.2. The second kappa shape index (κ2) is 3.12. The molecule has 4 N–H and O–H groups in total. The molecule has 0 saturated carbocycles. The molecule has 0 amide bonds. The second-order valence-corrected chi connectivity index (χ2v) is 1.92. The van der Waals surface area contributed by atoms with Gasteiger partial charge in [0.25, 0.3) is 0 Å². The average molecular weight is 127 g/mol. The third kappa shape index (κ3) is 2.17. The van der Waals surface area contributed by atoms with E-state index in [1.165, 1.54) is 0 Å². The minimum atomic E-state index is 0.509. The number of allylic oxidation sites excluding steroid dienone is 1. The van der Waals surface area contributed by atoms with Crippen LogP contribution in [0.25, 0.3) is 0 Å². The lowest BCUT2D eigenvalue weighted by Gasteiger charge is -1.99. The van der Waals surface area contributed by atoms with Gasteiger partial charge in [0, 0.05) is 18.3 Å². The molecule has 0 aromatic heterocycles. The second-order valence-electron chi connectivity index (χ2n) is 1.92. The topological polar surface area (TPSA) is 64.4 Å². The van der Waals surface area contributed by atoms with Crippen molar-refractivity contribution in [2.24, 2.45) is 16.5 Å². The van der Waals surface area contributed by atoms with E-state index in [9.17, 15) is 0 Å². The molecule has 52 valence electrons. The Morgan fingerprint density at radius 1 is 1.22 bits per heavy atom. The van der Waals surface area contributed by atoms with Crippen LogP contribution < -0.4 is 11.5 Å². The lowest BCUT2D eigenvalue weighted by molar-refractivity contribution is 1.23. The van der Waals surface area contributed by atoms with Crippen LogP contribution in [-0.2, 0) is 0 Å². The molecule has 3 nitrogen and oxygen atoms in total. The zero-order valence-corrected chi connectivity index (χ0v) is 6.10. The van der Waals surface area contributed by atoms with Gasteiger partial charge in [0.15, 0.2) is 0 Å². The van der Waals surface area contributed by atoms with Crippen LogP contribution in [-0.4, -0.2) is 12.9 Å². The minimum absolute atomic E-state index is 0.509. The maximum absolute atomic E-state index is 5.43. The highest BCUT2D eigenvalue weighted by Crippen LogP contribution is 1.95. The van der Waals surface area contributed by atoms with Gasteiger partial charge >= 0.3 is 0 Å². The Morgan fingerprint density at radius 2 is 1.67 bits per heavy atom. The number of nitrogens with two attached hydrogens (primary N) is 2. The van der Waals surface area contributed by atoms with Crippen molar-refractivity contribution in [3.63, 3.8) is 0 Å². The van der Waals surface area contributed by atoms with Crippen molar-refractivity contribution in [1.82, 2.24) is 0 Å². The number of hydrogen-bond donors (Lipinski definition) is 2. The first kappa shape index (κ1) is 8.01. The molecule has 0 rings (SSSR count). The van der Waals surface area contributed by atoms with Crippen molar-refractivity contribution in [1.29, 1.82) is 0 Å². The fourth-order valence-corrected chi connectivity index (χ4v) is 0.370. The Bertz CT molecular complexity index is 152. The van der Waals surface area contributed by atoms with Gasteiger partial charge in [0.2, 0.25) is 0 Å². The maximum Gasteiger partial charge on any atom is 0.122 e. The summed E-state index contributed by atoms with van der Waals surface area (Å²) >= 11 is 0. The highest BCUT2D eigenvalue weighted by atomic mass is 14.8. The van der Waals surface area contributed by atoms with Crippen LogP contribution in [0.1, 0.15) is 13.8 Å². The highest BCUT2D eigenvalue weighted by molar-refractivity contribution is 5.96. The van der Waals surface area contributed by atoms with Gasteiger partial charge < -0.3 is 11.5 Å². The van der Waals surface area contributed by atoms with E-state index in [0.717, 1.165) is 11.3 Å². The average Bonchev–Trinajstić information content (AvgIpc) is 1.84. The van der Waals surface area contributed by atoms with E-state index >= 15 is 0 Å². The SMILES string of the molecule is CN=C(N)/C(C)=C(/C)N. The summed E-state index contributed by atoms with van der Waals surface area (Å²) < 4.78 is 0. The highest BCUT2D eigenvalue weighted by Gasteiger charge is 1.94. The third-order valence-corrected chi connectivity index (χ3v) is 1.22. The summed E-state index contributed by atoms with van der Waals surface area (Å²) in [7, 11) is 1.64. The quantitative estimate of drug-likeness (QED) is 0.391. The standard InChI is InChI=1S/C6H13N3/c1-4(5(2)7)6(8)9-3/h7H2,1-3H3,(H2,8,9)/b5-4-. The zero-order chi connectivity index (χ0) is 7.44. The fraction of sp³-hybridized carbons (Fsp3) is 0.500. The molecular weight excluding hydrogens is 114 g/mol. The summed E-state index contributed by atoms with van der Waals surface area (Å²) in [6, 6.07) is 0. The van der Waals surface area contributed by atoms with Gasteiger partial charge in [-0.3, -0.25) is 4.99 Å². The van der Waals surface area contributed by atoms with Crippen molar-refractivity contribution in [2.45, 2.75) is 13.8 Å². The molecule has 0 spiro atoms. The fourth-order valence-electron chi connectivity index (χ4n) is 0.370. The van der Waals surface area contributed by atoms with Crippen molar-refractivity contribution in [2.75, 3.05) is 7.05 Å². The first-order chi connectivity index (χ1) is 4.09. The number of rotatable bonds is 1. The van der Waals surface area contributed by atoms with Crippen LogP contribution >= 0.6 is 0 Å². The molecule has 0 unspecified atom stereocenters.